The molecule has 0 aliphatic carbocycles. The van der Waals surface area contributed by atoms with Gasteiger partial charge in [-0.2, -0.15) is 0 Å². The van der Waals surface area contributed by atoms with Crippen LogP contribution in [0.5, 0.6) is 0 Å². The minimum absolute atomic E-state index is 0.108. The van der Waals surface area contributed by atoms with Gasteiger partial charge in [-0.25, -0.2) is 4.98 Å². The van der Waals surface area contributed by atoms with E-state index < -0.39 is 0 Å². The summed E-state index contributed by atoms with van der Waals surface area (Å²) >= 11 is 0. The largest absolute Gasteiger partial charge is 0.355 e. The average Bonchev–Trinajstić information content (AvgIpc) is 2.58. The maximum absolute atomic E-state index is 11.7. The van der Waals surface area contributed by atoms with E-state index in [9.17, 15) is 9.59 Å². The Labute approximate surface area is 152 Å². The monoisotopic (exact) mass is 366 g/mol. The van der Waals surface area contributed by atoms with Crippen molar-refractivity contribution in [3.05, 3.63) is 36.5 Å². The number of amides is 1. The van der Waals surface area contributed by atoms with Crippen LogP contribution in [-0.2, 0) is 9.59 Å². The Kier molecular flexibility index (Phi) is 11.3. The molecule has 1 aromatic rings. The van der Waals surface area contributed by atoms with Crippen LogP contribution in [-0.4, -0.2) is 29.0 Å². The van der Waals surface area contributed by atoms with Gasteiger partial charge in [0.05, 0.1) is 0 Å². The van der Waals surface area contributed by atoms with Crippen molar-refractivity contribution < 1.29 is 9.59 Å². The number of ketones is 1. The van der Waals surface area contributed by atoms with Crippen LogP contribution in [0.2, 0.25) is 0 Å². The molecule has 0 bridgehead atoms. The smallest absolute Gasteiger partial charge is 0.220 e. The van der Waals surface area contributed by atoms with Gasteiger partial charge in [0.2, 0.25) is 5.91 Å². The fourth-order valence-electron chi connectivity index (χ4n) is 1.96. The highest BCUT2D eigenvalue weighted by molar-refractivity contribution is 8.76. The number of carbonyl (C=O) groups excluding carboxylic acids is 2. The highest BCUT2D eigenvalue weighted by atomic mass is 33.1. The number of nitrogens with zero attached hydrogens (tertiary/aromatic N) is 1. The summed E-state index contributed by atoms with van der Waals surface area (Å²) < 4.78 is 0. The van der Waals surface area contributed by atoms with E-state index in [0.29, 0.717) is 25.0 Å². The first-order chi connectivity index (χ1) is 11.6. The zero-order valence-electron chi connectivity index (χ0n) is 14.3. The van der Waals surface area contributed by atoms with E-state index in [1.54, 1.807) is 34.7 Å². The molecule has 24 heavy (non-hydrogen) atoms. The lowest BCUT2D eigenvalue weighted by atomic mass is 10.1. The van der Waals surface area contributed by atoms with Crippen molar-refractivity contribution in [1.82, 2.24) is 10.3 Å². The van der Waals surface area contributed by atoms with Crippen LogP contribution in [0.4, 0.5) is 0 Å². The lowest BCUT2D eigenvalue weighted by Crippen LogP contribution is -2.25. The third kappa shape index (κ3) is 10.5. The van der Waals surface area contributed by atoms with Gasteiger partial charge < -0.3 is 5.32 Å². The number of hydrogen-bond donors (Lipinski definition) is 1. The second-order valence-corrected chi connectivity index (χ2v) is 7.98. The minimum atomic E-state index is 0.108. The molecule has 1 rings (SSSR count). The van der Waals surface area contributed by atoms with Gasteiger partial charge in [0.1, 0.15) is 5.03 Å². The van der Waals surface area contributed by atoms with E-state index >= 15 is 0 Å². The molecule has 1 aromatic heterocycles. The molecule has 1 amide bonds. The second-order valence-electron chi connectivity index (χ2n) is 5.54. The Balaban J connectivity index is 1.91. The predicted octanol–water partition coefficient (Wildman–Crippen LogP) is 4.42. The molecule has 0 radical (unpaired) electrons. The van der Waals surface area contributed by atoms with Crippen molar-refractivity contribution in [3.63, 3.8) is 0 Å². The fourth-order valence-corrected chi connectivity index (χ4v) is 3.74. The van der Waals surface area contributed by atoms with Crippen molar-refractivity contribution in [2.45, 2.75) is 50.5 Å². The molecule has 0 atom stereocenters. The van der Waals surface area contributed by atoms with Crippen LogP contribution < -0.4 is 5.32 Å². The zero-order chi connectivity index (χ0) is 17.6. The van der Waals surface area contributed by atoms with Crippen molar-refractivity contribution in [1.29, 1.82) is 0 Å². The first-order valence-electron chi connectivity index (χ1n) is 8.25. The number of nitrogens with one attached hydrogen (secondary N) is 1. The summed E-state index contributed by atoms with van der Waals surface area (Å²) in [5.41, 5.74) is 0.633. The maximum atomic E-state index is 11.7. The normalized spacial score (nSPS) is 10.4. The Hall–Kier alpha value is -1.27. The van der Waals surface area contributed by atoms with Crippen molar-refractivity contribution in [2.75, 3.05) is 12.3 Å². The molecule has 0 saturated carbocycles. The molecule has 4 nitrogen and oxygen atoms in total. The van der Waals surface area contributed by atoms with E-state index in [4.69, 9.17) is 0 Å². The summed E-state index contributed by atoms with van der Waals surface area (Å²) in [6.07, 6.45) is 6.65. The van der Waals surface area contributed by atoms with Gasteiger partial charge in [0.25, 0.3) is 0 Å². The summed E-state index contributed by atoms with van der Waals surface area (Å²) in [6.45, 7) is 6.07. The number of pyridine rings is 1. The molecular formula is C18H26N2O2S2. The molecule has 0 spiro atoms. The molecule has 132 valence electrons. The lowest BCUT2D eigenvalue weighted by Gasteiger charge is -2.05. The standard InChI is InChI=1S/C18H26N2O2S2/c1-15(2)16(21)9-5-3-4-6-10-17(22)19-13-14-23-24-18-11-7-8-12-20-18/h7-8,11-12H,1,3-6,9-10,13-14H2,2H3,(H,19,22). The highest BCUT2D eigenvalue weighted by Crippen LogP contribution is 2.28. The van der Waals surface area contributed by atoms with Crippen LogP contribution >= 0.6 is 21.6 Å². The van der Waals surface area contributed by atoms with Gasteiger partial charge in [-0.15, -0.1) is 0 Å². The second kappa shape index (κ2) is 13.1. The molecule has 0 aromatic carbocycles. The molecule has 0 fully saturated rings. The van der Waals surface area contributed by atoms with E-state index in [1.165, 1.54) is 0 Å². The van der Waals surface area contributed by atoms with Gasteiger partial charge >= 0.3 is 0 Å². The number of allylic oxidation sites excluding steroid dienone is 1. The summed E-state index contributed by atoms with van der Waals surface area (Å²) in [5.74, 6) is 1.11. The van der Waals surface area contributed by atoms with Gasteiger partial charge in [-0.3, -0.25) is 9.59 Å². The number of rotatable bonds is 13. The van der Waals surface area contributed by atoms with Gasteiger partial charge in [0, 0.05) is 31.3 Å². The topological polar surface area (TPSA) is 59.1 Å². The Morgan fingerprint density at radius 3 is 2.58 bits per heavy atom. The van der Waals surface area contributed by atoms with Gasteiger partial charge in [-0.05, 0) is 48.3 Å². The molecule has 1 heterocycles. The Morgan fingerprint density at radius 2 is 1.92 bits per heavy atom. The maximum Gasteiger partial charge on any atom is 0.220 e. The van der Waals surface area contributed by atoms with Crippen LogP contribution in [0, 0.1) is 0 Å². The molecule has 6 heteroatoms. The highest BCUT2D eigenvalue weighted by Gasteiger charge is 2.03. The Morgan fingerprint density at radius 1 is 1.17 bits per heavy atom. The molecular weight excluding hydrogens is 340 g/mol. The molecule has 0 aliphatic heterocycles. The molecule has 1 N–H and O–H groups in total. The zero-order valence-corrected chi connectivity index (χ0v) is 15.9. The SMILES string of the molecule is C=C(C)C(=O)CCCCCCC(=O)NCCSSc1ccccn1. The van der Waals surface area contributed by atoms with Crippen molar-refractivity contribution in [2.24, 2.45) is 0 Å². The predicted molar refractivity (Wildman–Crippen MR) is 103 cm³/mol. The van der Waals surface area contributed by atoms with Crippen molar-refractivity contribution in [3.8, 4) is 0 Å². The van der Waals surface area contributed by atoms with Gasteiger partial charge in [0.15, 0.2) is 5.78 Å². The first-order valence-corrected chi connectivity index (χ1v) is 10.6. The van der Waals surface area contributed by atoms with Crippen LogP contribution in [0.25, 0.3) is 0 Å². The summed E-state index contributed by atoms with van der Waals surface area (Å²) in [4.78, 5) is 27.3. The number of hydrogen-bond acceptors (Lipinski definition) is 5. The van der Waals surface area contributed by atoms with E-state index in [0.717, 1.165) is 36.5 Å². The molecule has 0 aliphatic rings. The number of Topliss-reactive ketones (excluding diaryl/α,β-unsaturated/α-hetero) is 1. The van der Waals surface area contributed by atoms with Gasteiger partial charge in [-0.1, -0.05) is 36.3 Å². The summed E-state index contributed by atoms with van der Waals surface area (Å²) in [7, 11) is 3.31. The summed E-state index contributed by atoms with van der Waals surface area (Å²) in [5, 5.41) is 3.92. The van der Waals surface area contributed by atoms with Crippen LogP contribution in [0.1, 0.15) is 45.4 Å². The number of carbonyl (C=O) groups is 2. The summed E-state index contributed by atoms with van der Waals surface area (Å²) in [6, 6.07) is 5.83. The minimum Gasteiger partial charge on any atom is -0.355 e. The third-order valence-electron chi connectivity index (χ3n) is 3.32. The Bertz CT molecular complexity index is 521. The fraction of sp³-hybridized carbons (Fsp3) is 0.500. The van der Waals surface area contributed by atoms with Crippen LogP contribution in [0.15, 0.2) is 41.6 Å². The third-order valence-corrected chi connectivity index (χ3v) is 5.59. The molecule has 0 saturated heterocycles. The first kappa shape index (κ1) is 20.8. The van der Waals surface area contributed by atoms with Crippen LogP contribution in [0.3, 0.4) is 0 Å². The molecule has 0 unspecified atom stereocenters. The average molecular weight is 367 g/mol. The van der Waals surface area contributed by atoms with E-state index in [-0.39, 0.29) is 11.7 Å². The number of unbranched alkanes of at least 4 members (excludes halogenated alkanes) is 3. The van der Waals surface area contributed by atoms with Crippen molar-refractivity contribution >= 4 is 33.3 Å². The lowest BCUT2D eigenvalue weighted by molar-refractivity contribution is -0.121. The van der Waals surface area contributed by atoms with E-state index in [2.05, 4.69) is 16.9 Å². The number of aromatic nitrogens is 1. The quantitative estimate of drug-likeness (QED) is 0.318. The van der Waals surface area contributed by atoms with E-state index in [1.807, 2.05) is 18.2 Å².